The minimum atomic E-state index is -0.990. The van der Waals surface area contributed by atoms with Gasteiger partial charge in [-0.15, -0.1) is 28.1 Å². The second-order valence-corrected chi connectivity index (χ2v) is 7.55. The van der Waals surface area contributed by atoms with E-state index in [0.717, 1.165) is 5.56 Å². The molecular weight excluding hydrogens is 433 g/mol. The minimum absolute atomic E-state index is 0.0115. The molecule has 0 spiro atoms. The van der Waals surface area contributed by atoms with Gasteiger partial charge in [0.05, 0.1) is 11.8 Å². The van der Waals surface area contributed by atoms with Gasteiger partial charge >= 0.3 is 6.03 Å². The molecule has 30 heavy (non-hydrogen) atoms. The summed E-state index contributed by atoms with van der Waals surface area (Å²) in [4.78, 5) is 48.5. The van der Waals surface area contributed by atoms with Crippen molar-refractivity contribution in [1.29, 1.82) is 0 Å². The molecule has 3 N–H and O–H groups in total. The predicted octanol–water partition coefficient (Wildman–Crippen LogP) is 2.03. The highest BCUT2D eigenvalue weighted by Crippen LogP contribution is 2.08. The van der Waals surface area contributed by atoms with Crippen molar-refractivity contribution in [2.24, 2.45) is 11.2 Å². The van der Waals surface area contributed by atoms with Crippen LogP contribution in [0.25, 0.3) is 0 Å². The first-order chi connectivity index (χ1) is 14.3. The molecule has 0 aliphatic rings. The Balaban J connectivity index is 2.94. The first-order valence-electron chi connectivity index (χ1n) is 9.49. The maximum absolute atomic E-state index is 12.9. The van der Waals surface area contributed by atoms with Crippen LogP contribution < -0.4 is 16.0 Å². The molecule has 0 saturated carbocycles. The third kappa shape index (κ3) is 8.54. The largest absolute Gasteiger partial charge is 0.353 e. The molecule has 1 rings (SSSR count). The Labute approximate surface area is 185 Å². The lowest BCUT2D eigenvalue weighted by Crippen LogP contribution is -2.57. The number of hydrogen-bond acceptors (Lipinski definition) is 5. The van der Waals surface area contributed by atoms with E-state index in [2.05, 4.69) is 21.2 Å². The van der Waals surface area contributed by atoms with Crippen LogP contribution in [0.1, 0.15) is 19.4 Å². The van der Waals surface area contributed by atoms with Crippen LogP contribution in [0.15, 0.2) is 35.6 Å². The molecular formula is C19H27Cl2N5O4. The molecule has 0 fully saturated rings. The molecule has 2 atom stereocenters. The number of alkyl halides is 2. The van der Waals surface area contributed by atoms with E-state index >= 15 is 0 Å². The number of carbonyl (C=O) groups excluding carboxylic acids is 3. The van der Waals surface area contributed by atoms with Crippen LogP contribution in [0.4, 0.5) is 4.79 Å². The number of benzene rings is 1. The maximum atomic E-state index is 12.9. The van der Waals surface area contributed by atoms with Gasteiger partial charge < -0.3 is 16.0 Å². The van der Waals surface area contributed by atoms with Gasteiger partial charge in [0.25, 0.3) is 0 Å². The zero-order valence-corrected chi connectivity index (χ0v) is 18.4. The van der Waals surface area contributed by atoms with Crippen molar-refractivity contribution < 1.29 is 14.4 Å². The van der Waals surface area contributed by atoms with Crippen LogP contribution >= 0.6 is 23.2 Å². The van der Waals surface area contributed by atoms with E-state index in [-0.39, 0.29) is 43.1 Å². The van der Waals surface area contributed by atoms with Crippen LogP contribution in [0.3, 0.4) is 0 Å². The van der Waals surface area contributed by atoms with E-state index in [1.165, 1.54) is 0 Å². The molecule has 0 aliphatic carbocycles. The van der Waals surface area contributed by atoms with Crippen molar-refractivity contribution in [3.8, 4) is 0 Å². The summed E-state index contributed by atoms with van der Waals surface area (Å²) in [6, 6.07) is 6.50. The zero-order chi connectivity index (χ0) is 22.5. The fourth-order valence-electron chi connectivity index (χ4n) is 2.62. The molecule has 0 radical (unpaired) electrons. The first kappa shape index (κ1) is 25.6. The summed E-state index contributed by atoms with van der Waals surface area (Å²) < 4.78 is 0. The summed E-state index contributed by atoms with van der Waals surface area (Å²) >= 11 is 11.2. The van der Waals surface area contributed by atoms with Crippen LogP contribution in [-0.4, -0.2) is 59.8 Å². The minimum Gasteiger partial charge on any atom is -0.353 e. The molecule has 0 aliphatic heterocycles. The number of hydrogen-bond donors (Lipinski definition) is 3. The van der Waals surface area contributed by atoms with Gasteiger partial charge in [-0.1, -0.05) is 44.2 Å². The molecule has 0 saturated heterocycles. The maximum Gasteiger partial charge on any atom is 0.341 e. The molecule has 9 nitrogen and oxygen atoms in total. The first-order valence-corrected chi connectivity index (χ1v) is 10.6. The Kier molecular flexibility index (Phi) is 11.8. The lowest BCUT2D eigenvalue weighted by atomic mass is 10.0. The number of halogens is 2. The van der Waals surface area contributed by atoms with Crippen molar-refractivity contribution in [2.45, 2.75) is 32.4 Å². The van der Waals surface area contributed by atoms with Crippen molar-refractivity contribution in [3.05, 3.63) is 40.8 Å². The molecule has 4 amide bonds. The smallest absolute Gasteiger partial charge is 0.341 e. The van der Waals surface area contributed by atoms with E-state index in [1.54, 1.807) is 13.8 Å². The Morgan fingerprint density at radius 3 is 2.23 bits per heavy atom. The molecule has 1 aromatic carbocycles. The van der Waals surface area contributed by atoms with Gasteiger partial charge in [0, 0.05) is 24.7 Å². The molecule has 0 unspecified atom stereocenters. The average molecular weight is 460 g/mol. The average Bonchev–Trinajstić information content (AvgIpc) is 2.73. The van der Waals surface area contributed by atoms with Crippen molar-refractivity contribution in [1.82, 2.24) is 21.0 Å². The lowest BCUT2D eigenvalue weighted by molar-refractivity contribution is -0.130. The second-order valence-electron chi connectivity index (χ2n) is 6.80. The summed E-state index contributed by atoms with van der Waals surface area (Å²) in [7, 11) is 0. The molecule has 11 heteroatoms. The number of carbonyl (C=O) groups is 3. The van der Waals surface area contributed by atoms with Crippen LogP contribution in [-0.2, 0) is 16.0 Å². The highest BCUT2D eigenvalue weighted by Gasteiger charge is 2.30. The summed E-state index contributed by atoms with van der Waals surface area (Å²) in [6.45, 7) is 3.61. The Morgan fingerprint density at radius 2 is 1.70 bits per heavy atom. The normalized spacial score (nSPS) is 12.6. The SMILES string of the molecule is CC(C)[C@H](NC(=O)N(CCCl)N=O)C(=O)N[C@@H](Cc1ccccc1)C(=O)NCCCl. The quantitative estimate of drug-likeness (QED) is 0.251. The van der Waals surface area contributed by atoms with Gasteiger partial charge in [0.15, 0.2) is 0 Å². The highest BCUT2D eigenvalue weighted by molar-refractivity contribution is 6.18. The Morgan fingerprint density at radius 1 is 1.03 bits per heavy atom. The number of nitrogens with zero attached hydrogens (tertiary/aromatic N) is 2. The third-order valence-electron chi connectivity index (χ3n) is 4.17. The van der Waals surface area contributed by atoms with E-state index < -0.39 is 24.0 Å². The highest BCUT2D eigenvalue weighted by atomic mass is 35.5. The van der Waals surface area contributed by atoms with E-state index in [4.69, 9.17) is 23.2 Å². The standard InChI is InChI=1S/C19H27Cl2N5O4/c1-13(2)16(24-19(29)26(25-30)11-9-21)18(28)23-15(17(27)22-10-8-20)12-14-6-4-3-5-7-14/h3-7,13,15-16H,8-12H2,1-2H3,(H,22,27)(H,23,28)(H,24,29)/t15-,16-/m0/s1. The third-order valence-corrected chi connectivity index (χ3v) is 4.52. The van der Waals surface area contributed by atoms with E-state index in [1.807, 2.05) is 30.3 Å². The topological polar surface area (TPSA) is 120 Å². The molecule has 166 valence electrons. The summed E-state index contributed by atoms with van der Waals surface area (Å²) in [5, 5.41) is 11.0. The van der Waals surface area contributed by atoms with Crippen LogP contribution in [0.2, 0.25) is 0 Å². The summed E-state index contributed by atoms with van der Waals surface area (Å²) in [6.07, 6.45) is 0.258. The van der Waals surface area contributed by atoms with Gasteiger partial charge in [-0.3, -0.25) is 9.59 Å². The van der Waals surface area contributed by atoms with Crippen LogP contribution in [0.5, 0.6) is 0 Å². The second kappa shape index (κ2) is 13.8. The van der Waals surface area contributed by atoms with Gasteiger partial charge in [-0.05, 0) is 11.5 Å². The summed E-state index contributed by atoms with van der Waals surface area (Å²) in [5.74, 6) is -1.02. The Hall–Kier alpha value is -2.39. The number of amides is 4. The van der Waals surface area contributed by atoms with Gasteiger partial charge in [0.2, 0.25) is 11.8 Å². The number of nitrogens with one attached hydrogen (secondary N) is 3. The predicted molar refractivity (Wildman–Crippen MR) is 116 cm³/mol. The fraction of sp³-hybridized carbons (Fsp3) is 0.526. The molecule has 0 aromatic heterocycles. The van der Waals surface area contributed by atoms with Crippen molar-refractivity contribution >= 4 is 41.0 Å². The monoisotopic (exact) mass is 459 g/mol. The molecule has 0 heterocycles. The number of nitroso groups, excluding NO2 is 1. The number of rotatable bonds is 12. The van der Waals surface area contributed by atoms with E-state index in [9.17, 15) is 19.3 Å². The molecule has 0 bridgehead atoms. The van der Waals surface area contributed by atoms with Crippen LogP contribution in [0, 0.1) is 10.8 Å². The van der Waals surface area contributed by atoms with Crippen molar-refractivity contribution in [3.63, 3.8) is 0 Å². The van der Waals surface area contributed by atoms with E-state index in [0.29, 0.717) is 5.01 Å². The Bertz CT molecular complexity index is 705. The van der Waals surface area contributed by atoms with Gasteiger partial charge in [-0.2, -0.15) is 5.01 Å². The lowest BCUT2D eigenvalue weighted by Gasteiger charge is -2.26. The van der Waals surface area contributed by atoms with Gasteiger partial charge in [0.1, 0.15) is 12.1 Å². The van der Waals surface area contributed by atoms with Gasteiger partial charge in [-0.25, -0.2) is 4.79 Å². The van der Waals surface area contributed by atoms with Crippen molar-refractivity contribution in [2.75, 3.05) is 24.8 Å². The summed E-state index contributed by atoms with van der Waals surface area (Å²) in [5.41, 5.74) is 0.854. The molecule has 1 aromatic rings. The fourth-order valence-corrected chi connectivity index (χ4v) is 2.87. The zero-order valence-electron chi connectivity index (χ0n) is 16.9. The number of urea groups is 1.